The van der Waals surface area contributed by atoms with Crippen LogP contribution in [0.1, 0.15) is 89.5 Å². The fraction of sp³-hybridized carbons (Fsp3) is 0.619. The first-order chi connectivity index (χ1) is 10.4. The van der Waals surface area contributed by atoms with Crippen LogP contribution in [0, 0.1) is 0 Å². The summed E-state index contributed by atoms with van der Waals surface area (Å²) in [5.74, 6) is 0. The molecule has 21 heavy (non-hydrogen) atoms. The molecule has 0 unspecified atom stereocenters. The summed E-state index contributed by atoms with van der Waals surface area (Å²) < 4.78 is 0. The molecule has 1 rings (SSSR count). The predicted molar refractivity (Wildman–Crippen MR) is 96.6 cm³/mol. The van der Waals surface area contributed by atoms with E-state index in [0.717, 1.165) is 0 Å². The minimum atomic E-state index is 1.23. The Labute approximate surface area is 132 Å². The smallest absolute Gasteiger partial charge is 0.0260 e. The maximum Gasteiger partial charge on any atom is -0.0260 e. The molecule has 1 aromatic rings. The minimum absolute atomic E-state index is 1.23. The lowest BCUT2D eigenvalue weighted by Gasteiger charge is -2.01. The van der Waals surface area contributed by atoms with Crippen molar-refractivity contribution in [2.45, 2.75) is 84.0 Å². The molecule has 0 aliphatic heterocycles. The summed E-state index contributed by atoms with van der Waals surface area (Å²) >= 11 is 0. The van der Waals surface area contributed by atoms with Crippen LogP contribution in [0.2, 0.25) is 0 Å². The predicted octanol–water partition coefficient (Wildman–Crippen LogP) is 7.40. The van der Waals surface area contributed by atoms with Gasteiger partial charge in [0.1, 0.15) is 0 Å². The van der Waals surface area contributed by atoms with Crippen molar-refractivity contribution in [1.82, 2.24) is 0 Å². The number of allylic oxidation sites excluding steroid dienone is 1. The van der Waals surface area contributed by atoms with E-state index in [9.17, 15) is 0 Å². The van der Waals surface area contributed by atoms with Crippen LogP contribution in [0.25, 0.3) is 6.08 Å². The van der Waals surface area contributed by atoms with Gasteiger partial charge in [0.2, 0.25) is 0 Å². The van der Waals surface area contributed by atoms with E-state index in [0.29, 0.717) is 0 Å². The van der Waals surface area contributed by atoms with E-state index in [1.54, 1.807) is 0 Å². The Morgan fingerprint density at radius 1 is 0.667 bits per heavy atom. The highest BCUT2D eigenvalue weighted by Crippen LogP contribution is 2.12. The molecule has 0 N–H and O–H groups in total. The molecule has 0 saturated carbocycles. The molecule has 0 radical (unpaired) electrons. The molecular weight excluding hydrogens is 252 g/mol. The van der Waals surface area contributed by atoms with Crippen LogP contribution in [0.5, 0.6) is 0 Å². The standard InChI is InChI=1S/C21H34/c1-2-3-4-5-6-7-8-9-10-11-12-13-15-18-21-19-16-14-17-20-21/h14-20H,2-13H2,1H3/b18-15+. The van der Waals surface area contributed by atoms with Crippen molar-refractivity contribution >= 4 is 6.08 Å². The largest absolute Gasteiger partial charge is 0.0839 e. The Morgan fingerprint density at radius 3 is 1.76 bits per heavy atom. The Balaban J connectivity index is 1.82. The Kier molecular flexibility index (Phi) is 11.9. The fourth-order valence-corrected chi connectivity index (χ4v) is 2.71. The maximum atomic E-state index is 2.32. The second-order valence-electron chi connectivity index (χ2n) is 6.14. The van der Waals surface area contributed by atoms with Gasteiger partial charge in [0.05, 0.1) is 0 Å². The lowest BCUT2D eigenvalue weighted by molar-refractivity contribution is 0.550. The average molecular weight is 287 g/mol. The summed E-state index contributed by atoms with van der Waals surface area (Å²) in [6.45, 7) is 2.29. The molecular formula is C21H34. The SMILES string of the molecule is CCCCCCCCCCCCC/C=C/c1ccccc1. The van der Waals surface area contributed by atoms with E-state index < -0.39 is 0 Å². The molecule has 118 valence electrons. The second-order valence-corrected chi connectivity index (χ2v) is 6.14. The summed E-state index contributed by atoms with van der Waals surface area (Å²) in [4.78, 5) is 0. The first-order valence-electron chi connectivity index (χ1n) is 9.15. The van der Waals surface area contributed by atoms with Gasteiger partial charge in [0.25, 0.3) is 0 Å². The van der Waals surface area contributed by atoms with Gasteiger partial charge in [-0.05, 0) is 18.4 Å². The summed E-state index contributed by atoms with van der Waals surface area (Å²) in [5.41, 5.74) is 1.32. The molecule has 0 fully saturated rings. The number of benzene rings is 1. The molecule has 0 aromatic heterocycles. The quantitative estimate of drug-likeness (QED) is 0.331. The Bertz CT molecular complexity index is 336. The zero-order valence-electron chi connectivity index (χ0n) is 14.0. The van der Waals surface area contributed by atoms with Crippen molar-refractivity contribution in [2.75, 3.05) is 0 Å². The highest BCUT2D eigenvalue weighted by molar-refractivity contribution is 5.48. The Hall–Kier alpha value is -1.04. The van der Waals surface area contributed by atoms with Gasteiger partial charge in [0.15, 0.2) is 0 Å². The highest BCUT2D eigenvalue weighted by atomic mass is 14.0. The number of hydrogen-bond donors (Lipinski definition) is 0. The lowest BCUT2D eigenvalue weighted by Crippen LogP contribution is -1.82. The summed E-state index contributed by atoms with van der Waals surface area (Å²) in [5, 5.41) is 0. The lowest BCUT2D eigenvalue weighted by atomic mass is 10.1. The van der Waals surface area contributed by atoms with E-state index in [4.69, 9.17) is 0 Å². The van der Waals surface area contributed by atoms with Gasteiger partial charge in [-0.1, -0.05) is 114 Å². The van der Waals surface area contributed by atoms with Gasteiger partial charge in [-0.25, -0.2) is 0 Å². The van der Waals surface area contributed by atoms with Gasteiger partial charge in [-0.3, -0.25) is 0 Å². The van der Waals surface area contributed by atoms with Gasteiger partial charge in [-0.2, -0.15) is 0 Å². The van der Waals surface area contributed by atoms with Crippen molar-refractivity contribution in [3.8, 4) is 0 Å². The molecule has 0 aliphatic carbocycles. The van der Waals surface area contributed by atoms with Gasteiger partial charge >= 0.3 is 0 Å². The molecule has 0 amide bonds. The van der Waals surface area contributed by atoms with E-state index in [-0.39, 0.29) is 0 Å². The number of hydrogen-bond acceptors (Lipinski definition) is 0. The Morgan fingerprint density at radius 2 is 1.19 bits per heavy atom. The van der Waals surface area contributed by atoms with Crippen LogP contribution in [-0.2, 0) is 0 Å². The summed E-state index contributed by atoms with van der Waals surface area (Å²) in [6.07, 6.45) is 21.5. The highest BCUT2D eigenvalue weighted by Gasteiger charge is 1.92. The van der Waals surface area contributed by atoms with Crippen LogP contribution in [-0.4, -0.2) is 0 Å². The molecule has 0 bridgehead atoms. The van der Waals surface area contributed by atoms with Crippen LogP contribution in [0.3, 0.4) is 0 Å². The first kappa shape index (κ1) is 18.0. The first-order valence-corrected chi connectivity index (χ1v) is 9.15. The van der Waals surface area contributed by atoms with Crippen LogP contribution in [0.4, 0.5) is 0 Å². The zero-order chi connectivity index (χ0) is 15.0. The minimum Gasteiger partial charge on any atom is -0.0839 e. The normalized spacial score (nSPS) is 11.3. The van der Waals surface area contributed by atoms with Crippen molar-refractivity contribution < 1.29 is 0 Å². The topological polar surface area (TPSA) is 0 Å². The zero-order valence-corrected chi connectivity index (χ0v) is 14.0. The van der Waals surface area contributed by atoms with Crippen LogP contribution >= 0.6 is 0 Å². The molecule has 0 heterocycles. The third-order valence-corrected chi connectivity index (χ3v) is 4.08. The molecule has 0 heteroatoms. The van der Waals surface area contributed by atoms with E-state index in [2.05, 4.69) is 49.4 Å². The third-order valence-electron chi connectivity index (χ3n) is 4.08. The summed E-state index contributed by atoms with van der Waals surface area (Å²) in [6, 6.07) is 10.6. The van der Waals surface area contributed by atoms with Crippen molar-refractivity contribution in [3.63, 3.8) is 0 Å². The van der Waals surface area contributed by atoms with Gasteiger partial charge in [-0.15, -0.1) is 0 Å². The fourth-order valence-electron chi connectivity index (χ4n) is 2.71. The van der Waals surface area contributed by atoms with Crippen LogP contribution < -0.4 is 0 Å². The van der Waals surface area contributed by atoms with E-state index in [1.165, 1.54) is 82.6 Å². The maximum absolute atomic E-state index is 2.32. The molecule has 0 atom stereocenters. The van der Waals surface area contributed by atoms with E-state index in [1.807, 2.05) is 0 Å². The van der Waals surface area contributed by atoms with Gasteiger partial charge in [0, 0.05) is 0 Å². The van der Waals surface area contributed by atoms with Crippen molar-refractivity contribution in [1.29, 1.82) is 0 Å². The summed E-state index contributed by atoms with van der Waals surface area (Å²) in [7, 11) is 0. The molecule has 0 nitrogen and oxygen atoms in total. The van der Waals surface area contributed by atoms with Crippen molar-refractivity contribution in [2.24, 2.45) is 0 Å². The van der Waals surface area contributed by atoms with Crippen molar-refractivity contribution in [3.05, 3.63) is 42.0 Å². The van der Waals surface area contributed by atoms with Crippen LogP contribution in [0.15, 0.2) is 36.4 Å². The molecule has 0 aliphatic rings. The monoisotopic (exact) mass is 286 g/mol. The van der Waals surface area contributed by atoms with Gasteiger partial charge < -0.3 is 0 Å². The average Bonchev–Trinajstić information content (AvgIpc) is 2.53. The molecule has 0 saturated heterocycles. The number of rotatable bonds is 13. The third kappa shape index (κ3) is 11.3. The molecule has 1 aromatic carbocycles. The van der Waals surface area contributed by atoms with E-state index >= 15 is 0 Å². The molecule has 0 spiro atoms. The number of unbranched alkanes of at least 4 members (excludes halogenated alkanes) is 11. The second kappa shape index (κ2) is 13.9.